The zero-order valence-corrected chi connectivity index (χ0v) is 28.4. The molecule has 244 valence electrons. The fraction of sp³-hybridized carbons (Fsp3) is 0.906. The standard InChI is InChI=1S/C32H65N2O6P/c1-7-9-11-13-14-15-16-17-18-19-20-22-23-25-31(38-6)30(33-32(35)26-24-21-12-10-8-2)29-40-41(36,37)39-28-27-34(3,4)5/h23,25,30-31H,7-22,24,26-29H2,1-6H3,(H-,33,35,36,37)/p+1/b25-23+/t30-,31+/m0/s1. The lowest BCUT2D eigenvalue weighted by atomic mass is 10.0. The summed E-state index contributed by atoms with van der Waals surface area (Å²) in [5.74, 6) is -0.102. The van der Waals surface area contributed by atoms with Gasteiger partial charge in [-0.15, -0.1) is 0 Å². The fourth-order valence-electron chi connectivity index (χ4n) is 4.56. The van der Waals surface area contributed by atoms with E-state index in [0.29, 0.717) is 17.4 Å². The van der Waals surface area contributed by atoms with Gasteiger partial charge in [-0.3, -0.25) is 13.8 Å². The molecule has 0 aliphatic carbocycles. The highest BCUT2D eigenvalue weighted by atomic mass is 31.2. The minimum Gasteiger partial charge on any atom is -0.375 e. The first kappa shape index (κ1) is 40.2. The Labute approximate surface area is 253 Å². The van der Waals surface area contributed by atoms with Gasteiger partial charge in [-0.1, -0.05) is 116 Å². The van der Waals surface area contributed by atoms with Crippen LogP contribution in [0.1, 0.15) is 129 Å². The number of rotatable bonds is 29. The molecule has 0 heterocycles. The van der Waals surface area contributed by atoms with Crippen LogP contribution in [-0.4, -0.2) is 75.4 Å². The van der Waals surface area contributed by atoms with Crippen LogP contribution in [0.4, 0.5) is 0 Å². The molecule has 0 spiro atoms. The van der Waals surface area contributed by atoms with Crippen LogP contribution in [0.25, 0.3) is 0 Å². The molecule has 1 unspecified atom stereocenters. The number of carbonyl (C=O) groups excluding carboxylic acids is 1. The van der Waals surface area contributed by atoms with E-state index in [1.54, 1.807) is 7.11 Å². The van der Waals surface area contributed by atoms with E-state index in [-0.39, 0.29) is 19.1 Å². The summed E-state index contributed by atoms with van der Waals surface area (Å²) in [5.41, 5.74) is 0. The number of nitrogens with zero attached hydrogens (tertiary/aromatic N) is 1. The largest absolute Gasteiger partial charge is 0.472 e. The summed E-state index contributed by atoms with van der Waals surface area (Å²) in [4.78, 5) is 22.9. The van der Waals surface area contributed by atoms with Gasteiger partial charge in [0.25, 0.3) is 0 Å². The van der Waals surface area contributed by atoms with Gasteiger partial charge in [-0.2, -0.15) is 0 Å². The second-order valence-electron chi connectivity index (χ2n) is 12.4. The van der Waals surface area contributed by atoms with Crippen LogP contribution in [0.2, 0.25) is 0 Å². The number of amides is 1. The van der Waals surface area contributed by atoms with Gasteiger partial charge >= 0.3 is 7.82 Å². The maximum atomic E-state index is 12.7. The van der Waals surface area contributed by atoms with Crippen molar-refractivity contribution in [1.29, 1.82) is 0 Å². The SMILES string of the molecule is CCCCCCCCCCCCC/C=C/[C@@H](OC)[C@H](COP(=O)(O)OCC[N+](C)(C)C)NC(=O)CCCCCCC. The third-order valence-corrected chi connectivity index (χ3v) is 8.24. The van der Waals surface area contributed by atoms with Crippen LogP contribution in [0.15, 0.2) is 12.2 Å². The summed E-state index contributed by atoms with van der Waals surface area (Å²) < 4.78 is 29.2. The lowest BCUT2D eigenvalue weighted by Crippen LogP contribution is -2.46. The van der Waals surface area contributed by atoms with Crippen molar-refractivity contribution >= 4 is 13.7 Å². The maximum absolute atomic E-state index is 12.7. The van der Waals surface area contributed by atoms with E-state index in [4.69, 9.17) is 13.8 Å². The Hall–Kier alpha value is -0.760. The van der Waals surface area contributed by atoms with Crippen molar-refractivity contribution in [2.75, 3.05) is 48.0 Å². The lowest BCUT2D eigenvalue weighted by Gasteiger charge is -2.26. The molecule has 0 aromatic rings. The van der Waals surface area contributed by atoms with E-state index in [1.807, 2.05) is 27.2 Å². The molecule has 3 atom stereocenters. The van der Waals surface area contributed by atoms with E-state index < -0.39 is 20.0 Å². The number of nitrogens with one attached hydrogen (secondary N) is 1. The Balaban J connectivity index is 4.72. The highest BCUT2D eigenvalue weighted by Gasteiger charge is 2.28. The number of quaternary nitrogens is 1. The molecule has 0 fully saturated rings. The number of hydrogen-bond donors (Lipinski definition) is 2. The van der Waals surface area contributed by atoms with Crippen LogP contribution >= 0.6 is 7.82 Å². The van der Waals surface area contributed by atoms with E-state index in [9.17, 15) is 14.3 Å². The van der Waals surface area contributed by atoms with Gasteiger partial charge in [0.2, 0.25) is 5.91 Å². The van der Waals surface area contributed by atoms with Crippen molar-refractivity contribution in [3.63, 3.8) is 0 Å². The van der Waals surface area contributed by atoms with E-state index in [1.165, 1.54) is 70.6 Å². The Morgan fingerprint density at radius 1 is 0.829 bits per heavy atom. The average Bonchev–Trinajstić information content (AvgIpc) is 2.90. The smallest absolute Gasteiger partial charge is 0.375 e. The number of allylic oxidation sites excluding steroid dienone is 1. The number of phosphoric ester groups is 1. The Morgan fingerprint density at radius 2 is 1.34 bits per heavy atom. The second kappa shape index (κ2) is 25.7. The third-order valence-electron chi connectivity index (χ3n) is 7.26. The molecule has 41 heavy (non-hydrogen) atoms. The van der Waals surface area contributed by atoms with Crippen LogP contribution in [0, 0.1) is 0 Å². The zero-order valence-electron chi connectivity index (χ0n) is 27.5. The predicted octanol–water partition coefficient (Wildman–Crippen LogP) is 7.94. The molecule has 0 saturated heterocycles. The van der Waals surface area contributed by atoms with Gasteiger partial charge in [0.05, 0.1) is 39.9 Å². The molecular formula is C32H66N2O6P+. The molecule has 0 aromatic heterocycles. The number of ether oxygens (including phenoxy) is 1. The number of carbonyl (C=O) groups is 1. The van der Waals surface area contributed by atoms with Gasteiger partial charge in [-0.25, -0.2) is 4.57 Å². The normalized spacial score (nSPS) is 15.2. The first-order valence-electron chi connectivity index (χ1n) is 16.5. The van der Waals surface area contributed by atoms with Crippen molar-refractivity contribution in [1.82, 2.24) is 5.32 Å². The van der Waals surface area contributed by atoms with Gasteiger partial charge < -0.3 is 19.4 Å². The van der Waals surface area contributed by atoms with Crippen molar-refractivity contribution in [3.8, 4) is 0 Å². The first-order chi connectivity index (χ1) is 19.5. The quantitative estimate of drug-likeness (QED) is 0.0389. The molecule has 2 N–H and O–H groups in total. The number of methoxy groups -OCH3 is 1. The molecule has 8 nitrogen and oxygen atoms in total. The molecular weight excluding hydrogens is 539 g/mol. The summed E-state index contributed by atoms with van der Waals surface area (Å²) in [6.07, 6.45) is 24.6. The highest BCUT2D eigenvalue weighted by molar-refractivity contribution is 7.47. The molecule has 0 bridgehead atoms. The van der Waals surface area contributed by atoms with E-state index >= 15 is 0 Å². The monoisotopic (exact) mass is 605 g/mol. The number of likely N-dealkylation sites (N-methyl/N-ethyl adjacent to an activating group) is 1. The van der Waals surface area contributed by atoms with Crippen molar-refractivity contribution in [2.45, 2.75) is 142 Å². The summed E-state index contributed by atoms with van der Waals surface area (Å²) in [6.45, 7) is 4.90. The van der Waals surface area contributed by atoms with Gasteiger partial charge in [0.1, 0.15) is 13.2 Å². The summed E-state index contributed by atoms with van der Waals surface area (Å²) in [7, 11) is 3.26. The highest BCUT2D eigenvalue weighted by Crippen LogP contribution is 2.43. The van der Waals surface area contributed by atoms with Crippen LogP contribution in [0.3, 0.4) is 0 Å². The molecule has 0 rings (SSSR count). The first-order valence-corrected chi connectivity index (χ1v) is 17.9. The number of unbranched alkanes of at least 4 members (excludes halogenated alkanes) is 15. The molecule has 0 aromatic carbocycles. The third kappa shape index (κ3) is 26.6. The molecule has 0 radical (unpaired) electrons. The number of hydrogen-bond acceptors (Lipinski definition) is 5. The molecule has 0 saturated carbocycles. The van der Waals surface area contributed by atoms with E-state index in [0.717, 1.165) is 38.5 Å². The lowest BCUT2D eigenvalue weighted by molar-refractivity contribution is -0.870. The molecule has 0 aliphatic heterocycles. The average molecular weight is 606 g/mol. The Kier molecular flexibility index (Phi) is 25.2. The maximum Gasteiger partial charge on any atom is 0.472 e. The summed E-state index contributed by atoms with van der Waals surface area (Å²) in [6, 6.07) is -0.598. The summed E-state index contributed by atoms with van der Waals surface area (Å²) in [5, 5.41) is 2.98. The van der Waals surface area contributed by atoms with Crippen molar-refractivity contribution < 1.29 is 32.5 Å². The van der Waals surface area contributed by atoms with Crippen molar-refractivity contribution in [2.24, 2.45) is 0 Å². The minimum absolute atomic E-state index is 0.0959. The molecule has 9 heteroatoms. The van der Waals surface area contributed by atoms with Gasteiger partial charge in [0, 0.05) is 13.5 Å². The molecule has 1 amide bonds. The Bertz CT molecular complexity index is 698. The van der Waals surface area contributed by atoms with Crippen LogP contribution < -0.4 is 5.32 Å². The Morgan fingerprint density at radius 3 is 1.85 bits per heavy atom. The zero-order chi connectivity index (χ0) is 30.8. The van der Waals surface area contributed by atoms with Crippen LogP contribution in [0.5, 0.6) is 0 Å². The topological polar surface area (TPSA) is 94.1 Å². The van der Waals surface area contributed by atoms with Crippen LogP contribution in [-0.2, 0) is 23.1 Å². The van der Waals surface area contributed by atoms with Gasteiger partial charge in [0.15, 0.2) is 0 Å². The van der Waals surface area contributed by atoms with E-state index in [2.05, 4.69) is 25.2 Å². The van der Waals surface area contributed by atoms with Gasteiger partial charge in [-0.05, 0) is 19.3 Å². The second-order valence-corrected chi connectivity index (χ2v) is 13.9. The molecule has 0 aliphatic rings. The van der Waals surface area contributed by atoms with Crippen molar-refractivity contribution in [3.05, 3.63) is 12.2 Å². The summed E-state index contributed by atoms with van der Waals surface area (Å²) >= 11 is 0. The predicted molar refractivity (Wildman–Crippen MR) is 171 cm³/mol. The minimum atomic E-state index is -4.26. The fourth-order valence-corrected chi connectivity index (χ4v) is 5.30. The number of phosphoric acid groups is 1.